The third-order valence-corrected chi connectivity index (χ3v) is 6.93. The zero-order valence-electron chi connectivity index (χ0n) is 15.5. The molecule has 0 saturated heterocycles. The van der Waals surface area contributed by atoms with E-state index in [1.165, 1.54) is 15.3 Å². The Morgan fingerprint density at radius 1 is 1.17 bits per heavy atom. The van der Waals surface area contributed by atoms with Crippen LogP contribution in [0, 0.1) is 0 Å². The number of fused-ring (bicyclic) bond motifs is 1. The van der Waals surface area contributed by atoms with Crippen LogP contribution in [0.4, 0.5) is 0 Å². The smallest absolute Gasteiger partial charge is 0.227 e. The largest absolute Gasteiger partial charge is 0.339 e. The van der Waals surface area contributed by atoms with Crippen molar-refractivity contribution in [1.29, 1.82) is 0 Å². The summed E-state index contributed by atoms with van der Waals surface area (Å²) in [5.41, 5.74) is 1.92. The molecule has 1 aliphatic rings. The van der Waals surface area contributed by atoms with E-state index in [0.717, 1.165) is 13.0 Å². The first kappa shape index (κ1) is 18.2. The highest BCUT2D eigenvalue weighted by molar-refractivity contribution is 7.10. The summed E-state index contributed by atoms with van der Waals surface area (Å²) in [6.07, 6.45) is 3.35. The average Bonchev–Trinajstić information content (AvgIpc) is 3.53. The highest BCUT2D eigenvalue weighted by atomic mass is 32.1. The van der Waals surface area contributed by atoms with Gasteiger partial charge in [0.15, 0.2) is 0 Å². The minimum absolute atomic E-state index is 0.00395. The molecule has 4 aromatic heterocycles. The Hall–Kier alpha value is -2.84. The number of hydrogen-bond acceptors (Lipinski definition) is 7. The van der Waals surface area contributed by atoms with Gasteiger partial charge in [-0.2, -0.15) is 4.98 Å². The van der Waals surface area contributed by atoms with Crippen LogP contribution in [0.25, 0.3) is 11.5 Å². The molecule has 146 valence electrons. The van der Waals surface area contributed by atoms with Crippen molar-refractivity contribution in [3.8, 4) is 11.5 Å². The molecule has 1 atom stereocenters. The maximum absolute atomic E-state index is 13.1. The summed E-state index contributed by atoms with van der Waals surface area (Å²) in [4.78, 5) is 26.3. The molecule has 4 aromatic rings. The van der Waals surface area contributed by atoms with Crippen LogP contribution >= 0.6 is 22.7 Å². The summed E-state index contributed by atoms with van der Waals surface area (Å²) in [7, 11) is 0. The molecule has 0 N–H and O–H groups in total. The molecule has 29 heavy (non-hydrogen) atoms. The summed E-state index contributed by atoms with van der Waals surface area (Å²) in [5, 5.41) is 8.17. The highest BCUT2D eigenvalue weighted by Crippen LogP contribution is 2.39. The molecule has 0 fully saturated rings. The quantitative estimate of drug-likeness (QED) is 0.478. The lowest BCUT2D eigenvalue weighted by molar-refractivity contribution is -0.133. The van der Waals surface area contributed by atoms with E-state index < -0.39 is 0 Å². The van der Waals surface area contributed by atoms with Crippen molar-refractivity contribution in [2.75, 3.05) is 6.54 Å². The van der Waals surface area contributed by atoms with Crippen LogP contribution in [0.15, 0.2) is 57.9 Å². The average molecular weight is 423 g/mol. The monoisotopic (exact) mass is 422 g/mol. The van der Waals surface area contributed by atoms with Gasteiger partial charge in [-0.15, -0.1) is 22.7 Å². The standard InChI is InChI=1S/C21H18N4O2S2/c26-19(7-6-18-23-21(24-27-18)15-4-1-2-10-22-15)25-11-8-16-14(9-13-29-16)20(25)17-5-3-12-28-17/h1-5,9-10,12-13,20H,6-8,11H2. The first-order valence-corrected chi connectivity index (χ1v) is 11.2. The van der Waals surface area contributed by atoms with Crippen LogP contribution in [0.5, 0.6) is 0 Å². The Morgan fingerprint density at radius 3 is 2.97 bits per heavy atom. The molecule has 0 spiro atoms. The van der Waals surface area contributed by atoms with E-state index in [1.54, 1.807) is 28.9 Å². The SMILES string of the molecule is O=C(CCc1nc(-c2ccccn2)no1)N1CCc2sccc2C1c1cccs1. The van der Waals surface area contributed by atoms with Gasteiger partial charge >= 0.3 is 0 Å². The zero-order chi connectivity index (χ0) is 19.6. The van der Waals surface area contributed by atoms with Crippen LogP contribution in [-0.2, 0) is 17.6 Å². The number of nitrogens with zero attached hydrogens (tertiary/aromatic N) is 4. The number of rotatable bonds is 5. The van der Waals surface area contributed by atoms with Crippen molar-refractivity contribution in [2.45, 2.75) is 25.3 Å². The predicted molar refractivity (Wildman–Crippen MR) is 112 cm³/mol. The Labute approximate surface area is 175 Å². The second-order valence-electron chi connectivity index (χ2n) is 6.78. The second kappa shape index (κ2) is 7.88. The van der Waals surface area contributed by atoms with Crippen LogP contribution in [0.1, 0.15) is 33.7 Å². The molecule has 0 aliphatic carbocycles. The first-order valence-electron chi connectivity index (χ1n) is 9.43. The van der Waals surface area contributed by atoms with E-state index >= 15 is 0 Å². The van der Waals surface area contributed by atoms with Gasteiger partial charge in [0.2, 0.25) is 17.6 Å². The molecule has 0 bridgehead atoms. The van der Waals surface area contributed by atoms with Gasteiger partial charge < -0.3 is 9.42 Å². The molecule has 1 amide bonds. The topological polar surface area (TPSA) is 72.1 Å². The van der Waals surface area contributed by atoms with E-state index in [4.69, 9.17) is 4.52 Å². The van der Waals surface area contributed by atoms with Crippen LogP contribution in [0.2, 0.25) is 0 Å². The summed E-state index contributed by atoms with van der Waals surface area (Å²) in [6.45, 7) is 0.734. The second-order valence-corrected chi connectivity index (χ2v) is 8.76. The number of amides is 1. The Kier molecular flexibility index (Phi) is 4.95. The number of carbonyl (C=O) groups is 1. The van der Waals surface area contributed by atoms with Crippen molar-refractivity contribution in [1.82, 2.24) is 20.0 Å². The van der Waals surface area contributed by atoms with Gasteiger partial charge in [-0.3, -0.25) is 9.78 Å². The summed E-state index contributed by atoms with van der Waals surface area (Å²) in [5.74, 6) is 1.02. The summed E-state index contributed by atoms with van der Waals surface area (Å²) >= 11 is 3.47. The van der Waals surface area contributed by atoms with Crippen LogP contribution < -0.4 is 0 Å². The van der Waals surface area contributed by atoms with Crippen molar-refractivity contribution in [3.63, 3.8) is 0 Å². The Morgan fingerprint density at radius 2 is 2.14 bits per heavy atom. The van der Waals surface area contributed by atoms with Gasteiger partial charge in [0.05, 0.1) is 6.04 Å². The number of pyridine rings is 1. The Bertz CT molecular complexity index is 1100. The van der Waals surface area contributed by atoms with E-state index in [0.29, 0.717) is 30.3 Å². The lowest BCUT2D eigenvalue weighted by Gasteiger charge is -2.35. The molecule has 0 radical (unpaired) electrons. The molecule has 1 aliphatic heterocycles. The third-order valence-electron chi connectivity index (χ3n) is 5.01. The van der Waals surface area contributed by atoms with Gasteiger partial charge in [0.1, 0.15) is 5.69 Å². The van der Waals surface area contributed by atoms with E-state index in [9.17, 15) is 4.79 Å². The third kappa shape index (κ3) is 3.61. The zero-order valence-corrected chi connectivity index (χ0v) is 17.2. The minimum atomic E-state index is 0.00395. The van der Waals surface area contributed by atoms with Gasteiger partial charge in [-0.25, -0.2) is 0 Å². The van der Waals surface area contributed by atoms with Crippen molar-refractivity contribution < 1.29 is 9.32 Å². The number of aryl methyl sites for hydroxylation is 1. The number of hydrogen-bond donors (Lipinski definition) is 0. The summed E-state index contributed by atoms with van der Waals surface area (Å²) < 4.78 is 5.33. The van der Waals surface area contributed by atoms with Gasteiger partial charge in [0, 0.05) is 35.3 Å². The molecule has 8 heteroatoms. The lowest BCUT2D eigenvalue weighted by Crippen LogP contribution is -2.39. The normalized spacial score (nSPS) is 16.0. The molecule has 0 saturated carbocycles. The van der Waals surface area contributed by atoms with E-state index in [-0.39, 0.29) is 11.9 Å². The first-order chi connectivity index (χ1) is 14.3. The molecule has 5 rings (SSSR count). The minimum Gasteiger partial charge on any atom is -0.339 e. The highest BCUT2D eigenvalue weighted by Gasteiger charge is 2.33. The van der Waals surface area contributed by atoms with Crippen LogP contribution in [0.3, 0.4) is 0 Å². The molecule has 6 nitrogen and oxygen atoms in total. The van der Waals surface area contributed by atoms with Gasteiger partial charge in [-0.1, -0.05) is 17.3 Å². The van der Waals surface area contributed by atoms with Gasteiger partial charge in [-0.05, 0) is 47.0 Å². The van der Waals surface area contributed by atoms with Crippen molar-refractivity contribution in [2.24, 2.45) is 0 Å². The van der Waals surface area contributed by atoms with E-state index in [1.807, 2.05) is 29.2 Å². The molecular formula is C21H18N4O2S2. The van der Waals surface area contributed by atoms with Crippen molar-refractivity contribution in [3.05, 3.63) is 74.6 Å². The maximum atomic E-state index is 13.1. The number of carbonyl (C=O) groups excluding carboxylic acids is 1. The predicted octanol–water partition coefficient (Wildman–Crippen LogP) is 4.36. The fourth-order valence-electron chi connectivity index (χ4n) is 3.65. The van der Waals surface area contributed by atoms with Crippen molar-refractivity contribution >= 4 is 28.6 Å². The summed E-state index contributed by atoms with van der Waals surface area (Å²) in [6, 6.07) is 11.9. The Balaban J connectivity index is 1.31. The van der Waals surface area contributed by atoms with Crippen LogP contribution in [-0.4, -0.2) is 32.5 Å². The molecular weight excluding hydrogens is 404 g/mol. The van der Waals surface area contributed by atoms with Gasteiger partial charge in [0.25, 0.3) is 0 Å². The van der Waals surface area contributed by atoms with E-state index in [2.05, 4.69) is 38.0 Å². The fourth-order valence-corrected chi connectivity index (χ4v) is 5.41. The molecule has 1 unspecified atom stereocenters. The maximum Gasteiger partial charge on any atom is 0.227 e. The fraction of sp³-hybridized carbons (Fsp3) is 0.238. The lowest BCUT2D eigenvalue weighted by atomic mass is 9.98. The number of aromatic nitrogens is 3. The molecule has 0 aromatic carbocycles. The molecule has 5 heterocycles. The number of thiophene rings is 2.